The summed E-state index contributed by atoms with van der Waals surface area (Å²) in [7, 11) is 0. The quantitative estimate of drug-likeness (QED) is 0.821. The number of carbonyl (C=O) groups excluding carboxylic acids is 1. The van der Waals surface area contributed by atoms with E-state index in [1.165, 1.54) is 6.07 Å². The maximum absolute atomic E-state index is 13.6. The number of amides is 1. The normalized spacial score (nSPS) is 19.0. The molecule has 2 atom stereocenters. The summed E-state index contributed by atoms with van der Waals surface area (Å²) in [5, 5.41) is 9.11. The van der Waals surface area contributed by atoms with E-state index in [2.05, 4.69) is 6.92 Å². The Kier molecular flexibility index (Phi) is 6.53. The Morgan fingerprint density at radius 3 is 2.72 bits per heavy atom. The average molecular weight is 350 g/mol. The maximum Gasteiger partial charge on any atom is 0.307 e. The van der Waals surface area contributed by atoms with E-state index in [-0.39, 0.29) is 24.3 Å². The number of likely N-dealkylation sites (tertiary alicyclic amines) is 1. The molecule has 1 aromatic carbocycles. The van der Waals surface area contributed by atoms with Gasteiger partial charge in [0.2, 0.25) is 5.91 Å². The van der Waals surface area contributed by atoms with E-state index in [9.17, 15) is 14.0 Å². The molecule has 6 heteroatoms. The molecule has 2 rings (SSSR count). The number of anilines is 1. The second-order valence-electron chi connectivity index (χ2n) is 6.89. The second kappa shape index (κ2) is 8.43. The van der Waals surface area contributed by atoms with Crippen molar-refractivity contribution in [2.45, 2.75) is 46.1 Å². The number of carbonyl (C=O) groups is 2. The van der Waals surface area contributed by atoms with Crippen LogP contribution in [0.4, 0.5) is 10.1 Å². The molecule has 1 heterocycles. The van der Waals surface area contributed by atoms with Crippen molar-refractivity contribution < 1.29 is 19.1 Å². The van der Waals surface area contributed by atoms with E-state index in [1.807, 2.05) is 11.8 Å². The Bertz CT molecular complexity index is 635. The number of nitrogens with zero attached hydrogens (tertiary/aromatic N) is 2. The fourth-order valence-corrected chi connectivity index (χ4v) is 3.42. The van der Waals surface area contributed by atoms with Gasteiger partial charge in [-0.3, -0.25) is 14.5 Å². The van der Waals surface area contributed by atoms with Gasteiger partial charge in [0.1, 0.15) is 5.82 Å². The van der Waals surface area contributed by atoms with Crippen LogP contribution < -0.4 is 4.90 Å². The third-order valence-corrected chi connectivity index (χ3v) is 4.82. The van der Waals surface area contributed by atoms with Gasteiger partial charge in [0.25, 0.3) is 0 Å². The topological polar surface area (TPSA) is 60.9 Å². The van der Waals surface area contributed by atoms with E-state index < -0.39 is 11.9 Å². The van der Waals surface area contributed by atoms with Crippen molar-refractivity contribution in [2.75, 3.05) is 24.5 Å². The number of benzene rings is 1. The van der Waals surface area contributed by atoms with Crippen molar-refractivity contribution in [1.82, 2.24) is 4.90 Å². The number of aliphatic carboxylic acids is 1. The third-order valence-electron chi connectivity index (χ3n) is 4.82. The van der Waals surface area contributed by atoms with Crippen molar-refractivity contribution in [2.24, 2.45) is 5.92 Å². The largest absolute Gasteiger partial charge is 0.481 e. The molecule has 25 heavy (non-hydrogen) atoms. The minimum atomic E-state index is -0.805. The van der Waals surface area contributed by atoms with Crippen LogP contribution in [0.2, 0.25) is 0 Å². The fourth-order valence-electron chi connectivity index (χ4n) is 3.42. The van der Waals surface area contributed by atoms with Gasteiger partial charge in [0.15, 0.2) is 0 Å². The Morgan fingerprint density at radius 1 is 1.44 bits per heavy atom. The predicted octanol–water partition coefficient (Wildman–Crippen LogP) is 3.06. The average Bonchev–Trinajstić information content (AvgIpc) is 3.00. The zero-order chi connectivity index (χ0) is 18.6. The number of carboxylic acids is 1. The monoisotopic (exact) mass is 350 g/mol. The van der Waals surface area contributed by atoms with Gasteiger partial charge in [0.05, 0.1) is 12.5 Å². The molecular formula is C19H27FN2O3. The summed E-state index contributed by atoms with van der Waals surface area (Å²) >= 11 is 0. The lowest BCUT2D eigenvalue weighted by atomic mass is 10.1. The number of hydrogen-bond donors (Lipinski definition) is 1. The van der Waals surface area contributed by atoms with Gasteiger partial charge in [0, 0.05) is 18.3 Å². The van der Waals surface area contributed by atoms with Crippen molar-refractivity contribution in [1.29, 1.82) is 0 Å². The summed E-state index contributed by atoms with van der Waals surface area (Å²) in [5.74, 6) is -1.57. The standard InChI is InChI=1S/C19H27FN2O3/c1-4-5-14(3)22(16-6-7-17(20)13(2)10-16)18(23)12-21-9-8-15(11-21)19(24)25/h6-7,10,14-15H,4-5,8-9,11-12H2,1-3H3,(H,24,25). The molecular weight excluding hydrogens is 323 g/mol. The van der Waals surface area contributed by atoms with Crippen LogP contribution in [0.5, 0.6) is 0 Å². The van der Waals surface area contributed by atoms with E-state index >= 15 is 0 Å². The van der Waals surface area contributed by atoms with Crippen LogP contribution in [0, 0.1) is 18.7 Å². The molecule has 0 aliphatic carbocycles. The van der Waals surface area contributed by atoms with Gasteiger partial charge in [-0.2, -0.15) is 0 Å². The fraction of sp³-hybridized carbons (Fsp3) is 0.579. The molecule has 1 aromatic rings. The van der Waals surface area contributed by atoms with E-state index in [1.54, 1.807) is 24.0 Å². The van der Waals surface area contributed by atoms with Gasteiger partial charge in [-0.25, -0.2) is 4.39 Å². The zero-order valence-electron chi connectivity index (χ0n) is 15.2. The first-order valence-electron chi connectivity index (χ1n) is 8.86. The highest BCUT2D eigenvalue weighted by atomic mass is 19.1. The van der Waals surface area contributed by atoms with Crippen molar-refractivity contribution in [3.63, 3.8) is 0 Å². The highest BCUT2D eigenvalue weighted by molar-refractivity contribution is 5.95. The highest BCUT2D eigenvalue weighted by Crippen LogP contribution is 2.24. The zero-order valence-corrected chi connectivity index (χ0v) is 15.2. The predicted molar refractivity (Wildman–Crippen MR) is 95.2 cm³/mol. The summed E-state index contributed by atoms with van der Waals surface area (Å²) < 4.78 is 13.6. The molecule has 0 bridgehead atoms. The van der Waals surface area contributed by atoms with Gasteiger partial charge in [-0.05, 0) is 57.0 Å². The molecule has 5 nitrogen and oxygen atoms in total. The highest BCUT2D eigenvalue weighted by Gasteiger charge is 2.31. The summed E-state index contributed by atoms with van der Waals surface area (Å²) in [6, 6.07) is 4.72. The maximum atomic E-state index is 13.6. The molecule has 1 saturated heterocycles. The number of hydrogen-bond acceptors (Lipinski definition) is 3. The molecule has 1 fully saturated rings. The first kappa shape index (κ1) is 19.4. The third kappa shape index (κ3) is 4.78. The van der Waals surface area contributed by atoms with Crippen LogP contribution in [-0.2, 0) is 9.59 Å². The molecule has 1 amide bonds. The first-order chi connectivity index (χ1) is 11.8. The second-order valence-corrected chi connectivity index (χ2v) is 6.89. The van der Waals surface area contributed by atoms with Crippen molar-refractivity contribution >= 4 is 17.6 Å². The minimum absolute atomic E-state index is 0.000218. The molecule has 2 unspecified atom stereocenters. The molecule has 1 aliphatic heterocycles. The number of aryl methyl sites for hydroxylation is 1. The van der Waals surface area contributed by atoms with E-state index in [0.717, 1.165) is 12.8 Å². The van der Waals surface area contributed by atoms with Crippen molar-refractivity contribution in [3.8, 4) is 0 Å². The minimum Gasteiger partial charge on any atom is -0.481 e. The van der Waals surface area contributed by atoms with Gasteiger partial charge >= 0.3 is 5.97 Å². The van der Waals surface area contributed by atoms with Crippen LogP contribution in [0.1, 0.15) is 38.7 Å². The number of halogens is 1. The molecule has 1 N–H and O–H groups in total. The number of rotatable bonds is 7. The molecule has 0 spiro atoms. The first-order valence-corrected chi connectivity index (χ1v) is 8.86. The smallest absolute Gasteiger partial charge is 0.307 e. The summed E-state index contributed by atoms with van der Waals surface area (Å²) in [4.78, 5) is 27.6. The lowest BCUT2D eigenvalue weighted by Crippen LogP contribution is -2.44. The summed E-state index contributed by atoms with van der Waals surface area (Å²) in [6.45, 7) is 6.94. The Labute approximate surface area is 148 Å². The van der Waals surface area contributed by atoms with Gasteiger partial charge in [-0.1, -0.05) is 13.3 Å². The summed E-state index contributed by atoms with van der Waals surface area (Å²) in [6.07, 6.45) is 2.36. The van der Waals surface area contributed by atoms with Crippen LogP contribution in [0.25, 0.3) is 0 Å². The molecule has 0 aromatic heterocycles. The lowest BCUT2D eigenvalue weighted by molar-refractivity contribution is -0.141. The molecule has 0 radical (unpaired) electrons. The van der Waals surface area contributed by atoms with E-state index in [0.29, 0.717) is 30.8 Å². The molecule has 0 saturated carbocycles. The molecule has 1 aliphatic rings. The van der Waals surface area contributed by atoms with Gasteiger partial charge in [-0.15, -0.1) is 0 Å². The van der Waals surface area contributed by atoms with Crippen LogP contribution >= 0.6 is 0 Å². The van der Waals surface area contributed by atoms with Gasteiger partial charge < -0.3 is 10.0 Å². The van der Waals surface area contributed by atoms with Crippen LogP contribution in [0.15, 0.2) is 18.2 Å². The Hall–Kier alpha value is -1.95. The molecule has 138 valence electrons. The summed E-state index contributed by atoms with van der Waals surface area (Å²) in [5.41, 5.74) is 1.20. The SMILES string of the molecule is CCCC(C)N(C(=O)CN1CCC(C(=O)O)C1)c1ccc(F)c(C)c1. The lowest BCUT2D eigenvalue weighted by Gasteiger charge is -2.31. The number of carboxylic acid groups (broad SMARTS) is 1. The Balaban J connectivity index is 2.16. The van der Waals surface area contributed by atoms with E-state index in [4.69, 9.17) is 5.11 Å². The van der Waals surface area contributed by atoms with Crippen LogP contribution in [0.3, 0.4) is 0 Å². The van der Waals surface area contributed by atoms with Crippen molar-refractivity contribution in [3.05, 3.63) is 29.6 Å². The Morgan fingerprint density at radius 2 is 2.16 bits per heavy atom. The van der Waals surface area contributed by atoms with Crippen LogP contribution in [-0.4, -0.2) is 47.6 Å².